The average Bonchev–Trinajstić information content (AvgIpc) is 2.93. The Hall–Kier alpha value is -1.67. The third-order valence-corrected chi connectivity index (χ3v) is 7.65. The van der Waals surface area contributed by atoms with Gasteiger partial charge in [0, 0.05) is 18.3 Å². The van der Waals surface area contributed by atoms with Crippen molar-refractivity contribution in [3.8, 4) is 5.75 Å². The molecule has 2 N–H and O–H groups in total. The molecule has 1 aromatic carbocycles. The van der Waals surface area contributed by atoms with Crippen molar-refractivity contribution in [1.82, 2.24) is 0 Å². The molecule has 7 nitrogen and oxygen atoms in total. The molecule has 1 aliphatic carbocycles. The number of benzene rings is 1. The Kier molecular flexibility index (Phi) is 4.85. The van der Waals surface area contributed by atoms with Crippen LogP contribution in [0.3, 0.4) is 0 Å². The fourth-order valence-corrected chi connectivity index (χ4v) is 6.03. The van der Waals surface area contributed by atoms with E-state index in [-0.39, 0.29) is 24.2 Å². The molecule has 4 saturated heterocycles. The Bertz CT molecular complexity index is 814. The van der Waals surface area contributed by atoms with Gasteiger partial charge in [-0.2, -0.15) is 0 Å². The van der Waals surface area contributed by atoms with Crippen LogP contribution < -0.4 is 10.5 Å². The van der Waals surface area contributed by atoms with Crippen molar-refractivity contribution >= 4 is 5.91 Å². The van der Waals surface area contributed by atoms with E-state index in [1.54, 1.807) is 0 Å². The maximum Gasteiger partial charge on any atom is 0.221 e. The van der Waals surface area contributed by atoms with Crippen molar-refractivity contribution in [3.63, 3.8) is 0 Å². The number of carbonyl (C=O) groups is 1. The summed E-state index contributed by atoms with van der Waals surface area (Å²) in [6, 6.07) is 7.42. The summed E-state index contributed by atoms with van der Waals surface area (Å²) in [6.07, 6.45) is 3.22. The Morgan fingerprint density at radius 1 is 1.13 bits per heavy atom. The number of ether oxygens (including phenoxy) is 3. The Labute approximate surface area is 177 Å². The summed E-state index contributed by atoms with van der Waals surface area (Å²) in [4.78, 5) is 23.1. The first-order valence-electron chi connectivity index (χ1n) is 11.0. The second kappa shape index (κ2) is 7.19. The van der Waals surface area contributed by atoms with Gasteiger partial charge in [-0.1, -0.05) is 26.0 Å². The maximum atomic E-state index is 11.1. The molecule has 1 amide bonds. The molecule has 1 aromatic rings. The van der Waals surface area contributed by atoms with Gasteiger partial charge < -0.3 is 19.9 Å². The van der Waals surface area contributed by atoms with Gasteiger partial charge in [0.15, 0.2) is 11.9 Å². The molecular formula is C23H31NO6. The van der Waals surface area contributed by atoms with Crippen molar-refractivity contribution in [3.05, 3.63) is 29.8 Å². The predicted octanol–water partition coefficient (Wildman–Crippen LogP) is 3.30. The minimum Gasteiger partial charge on any atom is -0.465 e. The lowest BCUT2D eigenvalue weighted by atomic mass is 9.58. The number of carbonyl (C=O) groups excluding carboxylic acids is 1. The molecule has 30 heavy (non-hydrogen) atoms. The van der Waals surface area contributed by atoms with Crippen LogP contribution in [0, 0.1) is 23.7 Å². The minimum atomic E-state index is -0.793. The highest BCUT2D eigenvalue weighted by atomic mass is 17.3. The monoisotopic (exact) mass is 417 g/mol. The van der Waals surface area contributed by atoms with E-state index in [4.69, 9.17) is 29.7 Å². The summed E-state index contributed by atoms with van der Waals surface area (Å²) in [6.45, 7) is 6.39. The van der Waals surface area contributed by atoms with E-state index in [0.29, 0.717) is 17.6 Å². The molecule has 0 radical (unpaired) electrons. The normalized spacial score (nSPS) is 44.8. The van der Waals surface area contributed by atoms with Crippen molar-refractivity contribution in [2.24, 2.45) is 29.4 Å². The number of primary amides is 1. The highest BCUT2D eigenvalue weighted by Gasteiger charge is 2.69. The molecule has 4 heterocycles. The van der Waals surface area contributed by atoms with Crippen LogP contribution in [0.5, 0.6) is 5.75 Å². The van der Waals surface area contributed by atoms with Gasteiger partial charge in [-0.25, -0.2) is 9.78 Å². The van der Waals surface area contributed by atoms with E-state index in [2.05, 4.69) is 13.8 Å². The predicted molar refractivity (Wildman–Crippen MR) is 107 cm³/mol. The third-order valence-electron chi connectivity index (χ3n) is 7.65. The van der Waals surface area contributed by atoms with Gasteiger partial charge in [-0.05, 0) is 55.7 Å². The minimum absolute atomic E-state index is 0.108. The molecule has 0 aromatic heterocycles. The first kappa shape index (κ1) is 20.2. The van der Waals surface area contributed by atoms with E-state index in [1.807, 2.05) is 31.2 Å². The summed E-state index contributed by atoms with van der Waals surface area (Å²) in [7, 11) is 0. The zero-order valence-corrected chi connectivity index (χ0v) is 17.8. The fraction of sp³-hybridized carbons (Fsp3) is 0.696. The Balaban J connectivity index is 1.41. The van der Waals surface area contributed by atoms with Crippen LogP contribution in [-0.2, 0) is 30.5 Å². The number of hydrogen-bond donors (Lipinski definition) is 1. The topological polar surface area (TPSA) is 89.2 Å². The largest absolute Gasteiger partial charge is 0.465 e. The van der Waals surface area contributed by atoms with Crippen molar-refractivity contribution in [1.29, 1.82) is 0 Å². The third kappa shape index (κ3) is 3.14. The van der Waals surface area contributed by atoms with Gasteiger partial charge in [0.05, 0.1) is 6.42 Å². The van der Waals surface area contributed by atoms with E-state index in [0.717, 1.165) is 31.2 Å². The number of fused-ring (bicyclic) bond motifs is 2. The lowest BCUT2D eigenvalue weighted by Crippen LogP contribution is -2.70. The smallest absolute Gasteiger partial charge is 0.221 e. The van der Waals surface area contributed by atoms with E-state index in [1.165, 1.54) is 0 Å². The van der Waals surface area contributed by atoms with E-state index >= 15 is 0 Å². The van der Waals surface area contributed by atoms with Gasteiger partial charge in [-0.15, -0.1) is 0 Å². The molecule has 8 atom stereocenters. The zero-order valence-electron chi connectivity index (χ0n) is 17.8. The first-order chi connectivity index (χ1) is 14.3. The number of rotatable bonds is 4. The molecular weight excluding hydrogens is 386 g/mol. The van der Waals surface area contributed by atoms with Gasteiger partial charge in [0.2, 0.25) is 18.0 Å². The summed E-state index contributed by atoms with van der Waals surface area (Å²) in [5.41, 5.74) is 5.55. The molecule has 2 bridgehead atoms. The number of amides is 1. The average molecular weight is 418 g/mol. The van der Waals surface area contributed by atoms with Crippen LogP contribution in [-0.4, -0.2) is 29.9 Å². The maximum absolute atomic E-state index is 11.1. The molecule has 6 rings (SSSR count). The van der Waals surface area contributed by atoms with Gasteiger partial charge in [0.25, 0.3) is 0 Å². The lowest BCUT2D eigenvalue weighted by molar-refractivity contribution is -0.575. The van der Waals surface area contributed by atoms with Crippen molar-refractivity contribution in [2.45, 2.75) is 76.8 Å². The standard InChI is InChI=1S/C23H31NO6/c1-13-4-9-18-14(2)20(26-16-7-5-15(6-8-16)12-19(24)25)27-21-23(18)17(13)10-11-22(3,28-21)29-30-23/h5-8,13-14,17-18,20-21H,4,9-12H2,1-3H3,(H2,24,25)/t13-,14-,17+,18+,20+,21-,22-,23-/m1/s1. The summed E-state index contributed by atoms with van der Waals surface area (Å²) in [5, 5.41) is 0. The van der Waals surface area contributed by atoms with Gasteiger partial charge in [-0.3, -0.25) is 4.79 Å². The van der Waals surface area contributed by atoms with E-state index < -0.39 is 24.0 Å². The lowest BCUT2D eigenvalue weighted by Gasteiger charge is -2.60. The molecule has 5 aliphatic rings. The summed E-state index contributed by atoms with van der Waals surface area (Å²) < 4.78 is 19.0. The molecule has 1 spiro atoms. The van der Waals surface area contributed by atoms with Crippen LogP contribution in [0.2, 0.25) is 0 Å². The van der Waals surface area contributed by atoms with Crippen molar-refractivity contribution in [2.75, 3.05) is 0 Å². The molecule has 5 fully saturated rings. The summed E-state index contributed by atoms with van der Waals surface area (Å²) in [5.74, 6) is 0.744. The second-order valence-corrected chi connectivity index (χ2v) is 9.68. The first-order valence-corrected chi connectivity index (χ1v) is 11.0. The molecule has 7 heteroatoms. The van der Waals surface area contributed by atoms with Gasteiger partial charge >= 0.3 is 0 Å². The Morgan fingerprint density at radius 3 is 2.63 bits per heavy atom. The second-order valence-electron chi connectivity index (χ2n) is 9.68. The van der Waals surface area contributed by atoms with Crippen LogP contribution >= 0.6 is 0 Å². The SMILES string of the molecule is C[C@H]1[C@@H](Oc2ccc(CC(N)=O)cc2)O[C@@H]2O[C@@]3(C)CC[C@H]4[C@H](C)CC[C@@H]1[C@@]24OO3. The summed E-state index contributed by atoms with van der Waals surface area (Å²) >= 11 is 0. The zero-order chi connectivity index (χ0) is 21.1. The number of nitrogens with two attached hydrogens (primary N) is 1. The quantitative estimate of drug-likeness (QED) is 0.756. The fourth-order valence-electron chi connectivity index (χ4n) is 6.03. The van der Waals surface area contributed by atoms with Crippen LogP contribution in [0.25, 0.3) is 0 Å². The van der Waals surface area contributed by atoms with Crippen LogP contribution in [0.15, 0.2) is 24.3 Å². The Morgan fingerprint density at radius 2 is 1.90 bits per heavy atom. The molecule has 164 valence electrons. The highest BCUT2D eigenvalue weighted by molar-refractivity contribution is 5.76. The van der Waals surface area contributed by atoms with Crippen molar-refractivity contribution < 1.29 is 28.8 Å². The molecule has 4 aliphatic heterocycles. The molecule has 1 saturated carbocycles. The number of hydrogen-bond acceptors (Lipinski definition) is 6. The molecule has 0 unspecified atom stereocenters. The highest BCUT2D eigenvalue weighted by Crippen LogP contribution is 2.60. The van der Waals surface area contributed by atoms with E-state index in [9.17, 15) is 4.79 Å². The van der Waals surface area contributed by atoms with Crippen LogP contribution in [0.1, 0.15) is 52.0 Å². The van der Waals surface area contributed by atoms with Gasteiger partial charge in [0.1, 0.15) is 5.75 Å². The van der Waals surface area contributed by atoms with Crippen LogP contribution in [0.4, 0.5) is 0 Å².